The predicted octanol–water partition coefficient (Wildman–Crippen LogP) is 23.1. The van der Waals surface area contributed by atoms with Crippen molar-refractivity contribution in [3.63, 3.8) is 0 Å². The summed E-state index contributed by atoms with van der Waals surface area (Å²) in [6, 6.07) is 109. The molecule has 0 atom stereocenters. The van der Waals surface area contributed by atoms with Crippen LogP contribution in [0.4, 0.5) is 0 Å². The Kier molecular flexibility index (Phi) is 21.6. The normalized spacial score (nSPS) is 16.1. The van der Waals surface area contributed by atoms with Gasteiger partial charge in [0.2, 0.25) is 0 Å². The van der Waals surface area contributed by atoms with Crippen molar-refractivity contribution in [2.75, 3.05) is 0 Å². The van der Waals surface area contributed by atoms with Gasteiger partial charge in [-0.1, -0.05) is 307 Å². The molecule has 16 heteroatoms. The number of rotatable bonds is 14. The average Bonchev–Trinajstić information content (AvgIpc) is 1.58. The molecule has 0 radical (unpaired) electrons. The van der Waals surface area contributed by atoms with E-state index in [2.05, 4.69) is 335 Å². The van der Waals surface area contributed by atoms with Crippen molar-refractivity contribution in [1.29, 1.82) is 0 Å². The molecule has 554 valence electrons. The zero-order chi connectivity index (χ0) is 78.0. The van der Waals surface area contributed by atoms with E-state index in [4.69, 9.17) is 57.8 Å². The molecule has 5 heterocycles. The molecule has 3 saturated heterocycles. The van der Waals surface area contributed by atoms with Crippen LogP contribution in [0.15, 0.2) is 320 Å². The Morgan fingerprint density at radius 3 is 0.652 bits per heavy atom. The summed E-state index contributed by atoms with van der Waals surface area (Å²) in [5.74, 6) is 3.78. The molecule has 0 unspecified atom stereocenters. The second-order valence-corrected chi connectivity index (χ2v) is 32.4. The number of benzene rings is 12. The van der Waals surface area contributed by atoms with E-state index in [9.17, 15) is 0 Å². The SMILES string of the molecule is Brc1ccc(-c2cccc(-c3nc(-c4ccc(-c5ccccc5)cc4)nc(-c4ccc(-c5ccccc5)cc4)n3)c2)cc1.CC1(C)OB(B2OC(C)(C)C(C)(C)O2)OC1(C)C.CC1(C)OB(c2ccc(-c3cccc(-c4nc(-c5ccc(-c6ccccc6)cc5)nc(-c5ccc(-c6ccccc6)cc5)n4)c3)cc2)OC1(C)C. The van der Waals surface area contributed by atoms with E-state index >= 15 is 0 Å². The maximum Gasteiger partial charge on any atom is 0.494 e. The van der Waals surface area contributed by atoms with Crippen molar-refractivity contribution in [2.24, 2.45) is 0 Å². The first-order valence-electron chi connectivity index (χ1n) is 38.1. The Hall–Kier alpha value is -10.9. The molecule has 0 saturated carbocycles. The fourth-order valence-electron chi connectivity index (χ4n) is 13.4. The summed E-state index contributed by atoms with van der Waals surface area (Å²) in [6.07, 6.45) is 0. The van der Waals surface area contributed by atoms with Crippen molar-refractivity contribution in [2.45, 2.75) is 117 Å². The Bertz CT molecular complexity index is 5310. The molecule has 17 rings (SSSR count). The minimum absolute atomic E-state index is 0.360. The molecule has 0 aliphatic carbocycles. The fraction of sp³-hybridized carbons (Fsp3) is 0.188. The van der Waals surface area contributed by atoms with E-state index in [1.165, 1.54) is 22.3 Å². The van der Waals surface area contributed by atoms with Gasteiger partial charge in [-0.3, -0.25) is 0 Å². The van der Waals surface area contributed by atoms with Gasteiger partial charge in [0, 0.05) is 37.9 Å². The summed E-state index contributed by atoms with van der Waals surface area (Å²) in [5, 5.41) is 0. The molecule has 3 fully saturated rings. The Morgan fingerprint density at radius 1 is 0.196 bits per heavy atom. The zero-order valence-electron chi connectivity index (χ0n) is 65.3. The summed E-state index contributed by atoms with van der Waals surface area (Å²) in [6.45, 7) is 24.5. The van der Waals surface area contributed by atoms with Gasteiger partial charge < -0.3 is 27.9 Å². The van der Waals surface area contributed by atoms with Crippen molar-refractivity contribution < 1.29 is 27.9 Å². The maximum atomic E-state index is 6.28. The quantitative estimate of drug-likeness (QED) is 0.0960. The average molecular weight is 1530 g/mol. The Balaban J connectivity index is 0.000000147. The minimum atomic E-state index is -0.476. The highest BCUT2D eigenvalue weighted by molar-refractivity contribution is 9.10. The number of aromatic nitrogens is 6. The molecule has 12 nitrogen and oxygen atoms in total. The van der Waals surface area contributed by atoms with E-state index in [1.54, 1.807) is 0 Å². The number of halogens is 1. The Labute approximate surface area is 667 Å². The van der Waals surface area contributed by atoms with Gasteiger partial charge in [0.05, 0.1) is 33.6 Å². The highest BCUT2D eigenvalue weighted by atomic mass is 79.9. The highest BCUT2D eigenvalue weighted by Gasteiger charge is 2.64. The zero-order valence-corrected chi connectivity index (χ0v) is 66.9. The summed E-state index contributed by atoms with van der Waals surface area (Å²) in [5.41, 5.74) is 18.0. The third-order valence-corrected chi connectivity index (χ3v) is 22.8. The second kappa shape index (κ2) is 31.7. The molecule has 3 aliphatic rings. The van der Waals surface area contributed by atoms with Gasteiger partial charge in [-0.05, 0) is 180 Å². The van der Waals surface area contributed by atoms with Crippen LogP contribution < -0.4 is 5.46 Å². The fourth-order valence-corrected chi connectivity index (χ4v) is 13.7. The van der Waals surface area contributed by atoms with Crippen LogP contribution in [-0.4, -0.2) is 84.6 Å². The summed E-state index contributed by atoms with van der Waals surface area (Å²) >= 11 is 3.54. The first kappa shape index (κ1) is 76.5. The minimum Gasteiger partial charge on any atom is -0.405 e. The first-order valence-corrected chi connectivity index (χ1v) is 38.9. The summed E-state index contributed by atoms with van der Waals surface area (Å²) < 4.78 is 37.5. The van der Waals surface area contributed by atoms with E-state index < -0.39 is 21.1 Å². The van der Waals surface area contributed by atoms with Gasteiger partial charge >= 0.3 is 21.1 Å². The number of hydrogen-bond acceptors (Lipinski definition) is 12. The van der Waals surface area contributed by atoms with Crippen LogP contribution in [0, 0.1) is 0 Å². The lowest BCUT2D eigenvalue weighted by Crippen LogP contribution is -2.41. The molecule has 0 bridgehead atoms. The summed E-state index contributed by atoms with van der Waals surface area (Å²) in [4.78, 5) is 30.0. The van der Waals surface area contributed by atoms with Crippen LogP contribution >= 0.6 is 15.9 Å². The molecule has 0 N–H and O–H groups in total. The van der Waals surface area contributed by atoms with Crippen LogP contribution in [0.1, 0.15) is 83.1 Å². The first-order chi connectivity index (χ1) is 53.8. The smallest absolute Gasteiger partial charge is 0.405 e. The largest absolute Gasteiger partial charge is 0.494 e. The number of hydrogen-bond donors (Lipinski definition) is 0. The molecule has 0 amide bonds. The third-order valence-electron chi connectivity index (χ3n) is 22.2. The monoisotopic (exact) mass is 1530 g/mol. The lowest BCUT2D eigenvalue weighted by atomic mass is 9.49. The lowest BCUT2D eigenvalue weighted by molar-refractivity contribution is 0.00578. The molecular formula is C96H88B3BrN6O6. The summed E-state index contributed by atoms with van der Waals surface area (Å²) in [7, 11) is -1.35. The number of nitrogens with zero attached hydrogens (tertiary/aromatic N) is 6. The van der Waals surface area contributed by atoms with E-state index in [-0.39, 0.29) is 33.6 Å². The molecule has 12 aromatic carbocycles. The van der Waals surface area contributed by atoms with Gasteiger partial charge in [-0.15, -0.1) is 0 Å². The topological polar surface area (TPSA) is 133 Å². The highest BCUT2D eigenvalue weighted by Crippen LogP contribution is 2.44. The second-order valence-electron chi connectivity index (χ2n) is 31.5. The van der Waals surface area contributed by atoms with Crippen molar-refractivity contribution in [1.82, 2.24) is 29.9 Å². The molecule has 3 aliphatic heterocycles. The molecule has 112 heavy (non-hydrogen) atoms. The van der Waals surface area contributed by atoms with Gasteiger partial charge in [0.15, 0.2) is 34.9 Å². The van der Waals surface area contributed by atoms with Gasteiger partial charge in [-0.2, -0.15) is 0 Å². The lowest BCUT2D eigenvalue weighted by Gasteiger charge is -2.32. The van der Waals surface area contributed by atoms with Gasteiger partial charge in [-0.25, -0.2) is 29.9 Å². The van der Waals surface area contributed by atoms with E-state index in [0.29, 0.717) is 34.9 Å². The van der Waals surface area contributed by atoms with Gasteiger partial charge in [0.25, 0.3) is 0 Å². The van der Waals surface area contributed by atoms with Crippen LogP contribution in [0.5, 0.6) is 0 Å². The van der Waals surface area contributed by atoms with E-state index in [1.807, 2.05) is 79.7 Å². The molecule has 2 aromatic heterocycles. The molecule has 0 spiro atoms. The third kappa shape index (κ3) is 16.8. The van der Waals surface area contributed by atoms with Crippen LogP contribution in [0.2, 0.25) is 0 Å². The molecular weight excluding hydrogens is 1450 g/mol. The van der Waals surface area contributed by atoms with Crippen LogP contribution in [0.25, 0.3) is 135 Å². The van der Waals surface area contributed by atoms with Crippen molar-refractivity contribution >= 4 is 42.5 Å². The van der Waals surface area contributed by atoms with Crippen LogP contribution in [-0.2, 0) is 27.9 Å². The van der Waals surface area contributed by atoms with Crippen LogP contribution in [0.3, 0.4) is 0 Å². The standard InChI is InChI=1S/C45H38BN3O2.C39H26BrN3.C12H24B2O4/c1-44(2)45(3,4)51-46(50-44)40-28-26-35(27-29-40)38-16-11-17-39(30-38)43-48-41(36-22-18-33(19-23-36)31-12-7-5-8-13-31)47-42(49-43)37-24-20-34(21-25-37)32-14-9-6-10-15-32;40-36-24-22-31(23-25-36)34-12-7-13-35(26-34)39-42-37(32-18-14-29(15-19-32)27-8-3-1-4-9-27)41-38(43-39)33-20-16-30(17-21-33)28-10-5-2-6-11-28;1-9(2)10(3,4)16-13(15-9)14-17-11(5,6)12(7,8)18-14/h5-30H,1-4H3;1-26H;1-8H3. The predicted molar refractivity (Wildman–Crippen MR) is 460 cm³/mol. The Morgan fingerprint density at radius 2 is 0.384 bits per heavy atom. The van der Waals surface area contributed by atoms with Gasteiger partial charge in [0.1, 0.15) is 0 Å². The van der Waals surface area contributed by atoms with Crippen molar-refractivity contribution in [3.05, 3.63) is 320 Å². The van der Waals surface area contributed by atoms with E-state index in [0.717, 1.165) is 87.8 Å². The maximum absolute atomic E-state index is 6.28. The molecule has 14 aromatic rings. The van der Waals surface area contributed by atoms with Crippen molar-refractivity contribution in [3.8, 4) is 135 Å².